The summed E-state index contributed by atoms with van der Waals surface area (Å²) in [5, 5.41) is 6.82. The summed E-state index contributed by atoms with van der Waals surface area (Å²) >= 11 is 0. The third kappa shape index (κ3) is 6.70. The van der Waals surface area contributed by atoms with Crippen molar-refractivity contribution in [2.24, 2.45) is 4.99 Å². The van der Waals surface area contributed by atoms with Gasteiger partial charge in [0.2, 0.25) is 0 Å². The van der Waals surface area contributed by atoms with Crippen molar-refractivity contribution < 1.29 is 4.74 Å². The molecular weight excluding hydrogens is 451 g/mol. The molecule has 0 amide bonds. The van der Waals surface area contributed by atoms with E-state index in [0.717, 1.165) is 30.4 Å². The van der Waals surface area contributed by atoms with E-state index in [0.29, 0.717) is 0 Å². The minimum absolute atomic E-state index is 0. The van der Waals surface area contributed by atoms with Crippen LogP contribution in [0.3, 0.4) is 0 Å². The number of aliphatic imine (C=N–C) groups is 1. The molecule has 0 saturated carbocycles. The number of guanidine groups is 1. The van der Waals surface area contributed by atoms with E-state index in [-0.39, 0.29) is 30.0 Å². The summed E-state index contributed by atoms with van der Waals surface area (Å²) in [6, 6.07) is 16.7. The van der Waals surface area contributed by atoms with Crippen molar-refractivity contribution in [3.8, 4) is 5.75 Å². The first kappa shape index (κ1) is 23.2. The molecule has 0 aliphatic heterocycles. The van der Waals surface area contributed by atoms with E-state index in [1.165, 1.54) is 11.1 Å². The summed E-state index contributed by atoms with van der Waals surface area (Å²) in [4.78, 5) is 6.53. The second-order valence-electron chi connectivity index (χ2n) is 6.45. The molecule has 0 aliphatic carbocycles. The lowest BCUT2D eigenvalue weighted by molar-refractivity contribution is 0.287. The quantitative estimate of drug-likeness (QED) is 0.360. The van der Waals surface area contributed by atoms with Crippen molar-refractivity contribution in [3.05, 3.63) is 65.2 Å². The standard InChI is InChI=1S/C21H30N4O.HI/c1-16-10-6-7-11-17(16)14-23-21(22-2)24-15-19(25(3)4)18-12-8-9-13-20(18)26-5;/h6-13,19H,14-15H2,1-5H3,(H2,22,23,24);1H. The number of aryl methyl sites for hydroxylation is 1. The highest BCUT2D eigenvalue weighted by atomic mass is 127. The molecule has 0 spiro atoms. The Balaban J connectivity index is 0.00000364. The fraction of sp³-hybridized carbons (Fsp3) is 0.381. The minimum atomic E-state index is 0. The maximum absolute atomic E-state index is 5.53. The Morgan fingerprint density at radius 3 is 2.37 bits per heavy atom. The molecule has 6 heteroatoms. The Bertz CT molecular complexity index is 734. The van der Waals surface area contributed by atoms with Gasteiger partial charge < -0.3 is 20.3 Å². The zero-order valence-electron chi connectivity index (χ0n) is 16.8. The molecule has 0 aliphatic rings. The van der Waals surface area contributed by atoms with Crippen LogP contribution in [0.25, 0.3) is 0 Å². The summed E-state index contributed by atoms with van der Waals surface area (Å²) in [5.74, 6) is 1.69. The molecule has 0 aromatic heterocycles. The van der Waals surface area contributed by atoms with Gasteiger partial charge in [0.05, 0.1) is 13.2 Å². The maximum Gasteiger partial charge on any atom is 0.191 e. The van der Waals surface area contributed by atoms with Crippen molar-refractivity contribution in [1.29, 1.82) is 0 Å². The van der Waals surface area contributed by atoms with E-state index in [2.05, 4.69) is 71.9 Å². The van der Waals surface area contributed by atoms with Crippen LogP contribution in [0.2, 0.25) is 0 Å². The molecule has 27 heavy (non-hydrogen) atoms. The molecule has 2 N–H and O–H groups in total. The third-order valence-electron chi connectivity index (χ3n) is 4.52. The Morgan fingerprint density at radius 1 is 1.07 bits per heavy atom. The number of nitrogens with one attached hydrogen (secondary N) is 2. The molecule has 5 nitrogen and oxygen atoms in total. The highest BCUT2D eigenvalue weighted by Crippen LogP contribution is 2.27. The second kappa shape index (κ2) is 11.8. The van der Waals surface area contributed by atoms with E-state index < -0.39 is 0 Å². The van der Waals surface area contributed by atoms with Gasteiger partial charge in [-0.25, -0.2) is 0 Å². The van der Waals surface area contributed by atoms with Crippen LogP contribution >= 0.6 is 24.0 Å². The second-order valence-corrected chi connectivity index (χ2v) is 6.45. The average molecular weight is 482 g/mol. The minimum Gasteiger partial charge on any atom is -0.496 e. The number of nitrogens with zero attached hydrogens (tertiary/aromatic N) is 2. The van der Waals surface area contributed by atoms with Gasteiger partial charge in [-0.1, -0.05) is 42.5 Å². The first-order chi connectivity index (χ1) is 12.6. The van der Waals surface area contributed by atoms with Gasteiger partial charge in [-0.3, -0.25) is 4.99 Å². The fourth-order valence-corrected chi connectivity index (χ4v) is 2.91. The van der Waals surface area contributed by atoms with Gasteiger partial charge in [0.25, 0.3) is 0 Å². The van der Waals surface area contributed by atoms with Gasteiger partial charge >= 0.3 is 0 Å². The Kier molecular flexibility index (Phi) is 10.2. The lowest BCUT2D eigenvalue weighted by Gasteiger charge is -2.27. The molecule has 0 radical (unpaired) electrons. The van der Waals surface area contributed by atoms with Gasteiger partial charge in [0, 0.05) is 25.7 Å². The lowest BCUT2D eigenvalue weighted by atomic mass is 10.0. The van der Waals surface area contributed by atoms with E-state index in [1.54, 1.807) is 14.2 Å². The highest BCUT2D eigenvalue weighted by molar-refractivity contribution is 14.0. The van der Waals surface area contributed by atoms with Crippen molar-refractivity contribution in [3.63, 3.8) is 0 Å². The van der Waals surface area contributed by atoms with Crippen LogP contribution < -0.4 is 15.4 Å². The van der Waals surface area contributed by atoms with Crippen LogP contribution in [-0.4, -0.2) is 45.7 Å². The van der Waals surface area contributed by atoms with Crippen LogP contribution in [0.1, 0.15) is 22.7 Å². The topological polar surface area (TPSA) is 48.9 Å². The average Bonchev–Trinajstić information content (AvgIpc) is 2.65. The lowest BCUT2D eigenvalue weighted by Crippen LogP contribution is -2.41. The molecular formula is C21H31IN4O. The van der Waals surface area contributed by atoms with Gasteiger partial charge in [0.1, 0.15) is 5.75 Å². The Morgan fingerprint density at radius 2 is 1.74 bits per heavy atom. The predicted octanol–water partition coefficient (Wildman–Crippen LogP) is 3.59. The van der Waals surface area contributed by atoms with E-state index in [4.69, 9.17) is 4.74 Å². The van der Waals surface area contributed by atoms with Gasteiger partial charge in [-0.05, 0) is 38.2 Å². The third-order valence-corrected chi connectivity index (χ3v) is 4.52. The van der Waals surface area contributed by atoms with Crippen molar-refractivity contribution in [2.75, 3.05) is 34.8 Å². The van der Waals surface area contributed by atoms with Crippen LogP contribution in [0.4, 0.5) is 0 Å². The molecule has 148 valence electrons. The number of methoxy groups -OCH3 is 1. The van der Waals surface area contributed by atoms with Crippen molar-refractivity contribution in [2.45, 2.75) is 19.5 Å². The molecule has 0 heterocycles. The van der Waals surface area contributed by atoms with Gasteiger partial charge in [0.15, 0.2) is 5.96 Å². The van der Waals surface area contributed by atoms with Gasteiger partial charge in [-0.2, -0.15) is 0 Å². The van der Waals surface area contributed by atoms with Crippen LogP contribution in [0.15, 0.2) is 53.5 Å². The summed E-state index contributed by atoms with van der Waals surface area (Å²) in [6.07, 6.45) is 0. The number of ether oxygens (including phenoxy) is 1. The zero-order chi connectivity index (χ0) is 18.9. The first-order valence-corrected chi connectivity index (χ1v) is 8.85. The SMILES string of the molecule is CN=C(NCc1ccccc1C)NCC(c1ccccc1OC)N(C)C.I. The first-order valence-electron chi connectivity index (χ1n) is 8.85. The normalized spacial score (nSPS) is 12.3. The predicted molar refractivity (Wildman–Crippen MR) is 124 cm³/mol. The number of likely N-dealkylation sites (N-methyl/N-ethyl adjacent to an activating group) is 1. The molecule has 1 atom stereocenters. The van der Waals surface area contributed by atoms with Crippen molar-refractivity contribution in [1.82, 2.24) is 15.5 Å². The van der Waals surface area contributed by atoms with Crippen molar-refractivity contribution >= 4 is 29.9 Å². The Hall–Kier alpha value is -1.80. The summed E-state index contributed by atoms with van der Waals surface area (Å²) < 4.78 is 5.53. The fourth-order valence-electron chi connectivity index (χ4n) is 2.91. The summed E-state index contributed by atoms with van der Waals surface area (Å²) in [7, 11) is 7.65. The molecule has 2 aromatic carbocycles. The number of halogens is 1. The highest BCUT2D eigenvalue weighted by Gasteiger charge is 2.18. The molecule has 0 saturated heterocycles. The molecule has 1 unspecified atom stereocenters. The Labute approximate surface area is 180 Å². The van der Waals surface area contributed by atoms with E-state index in [9.17, 15) is 0 Å². The van der Waals surface area contributed by atoms with Crippen LogP contribution in [-0.2, 0) is 6.54 Å². The molecule has 2 rings (SSSR count). The zero-order valence-corrected chi connectivity index (χ0v) is 19.2. The van der Waals surface area contributed by atoms with Crippen LogP contribution in [0.5, 0.6) is 5.75 Å². The molecule has 2 aromatic rings. The smallest absolute Gasteiger partial charge is 0.191 e. The number of para-hydroxylation sites is 1. The van der Waals surface area contributed by atoms with E-state index in [1.807, 2.05) is 18.2 Å². The molecule has 0 fully saturated rings. The van der Waals surface area contributed by atoms with Gasteiger partial charge in [-0.15, -0.1) is 24.0 Å². The number of hydrogen-bond acceptors (Lipinski definition) is 3. The monoisotopic (exact) mass is 482 g/mol. The number of benzene rings is 2. The summed E-state index contributed by atoms with van der Waals surface area (Å²) in [5.41, 5.74) is 3.70. The number of rotatable bonds is 7. The number of hydrogen-bond donors (Lipinski definition) is 2. The van der Waals surface area contributed by atoms with E-state index >= 15 is 0 Å². The largest absolute Gasteiger partial charge is 0.496 e. The van der Waals surface area contributed by atoms with Crippen LogP contribution in [0, 0.1) is 6.92 Å². The molecule has 0 bridgehead atoms. The maximum atomic E-state index is 5.53. The summed E-state index contributed by atoms with van der Waals surface area (Å²) in [6.45, 7) is 3.59.